The van der Waals surface area contributed by atoms with Crippen LogP contribution in [0.25, 0.3) is 0 Å². The van der Waals surface area contributed by atoms with Crippen molar-refractivity contribution in [3.8, 4) is 0 Å². The maximum Gasteiger partial charge on any atom is 0.325 e. The first-order valence-electron chi connectivity index (χ1n) is 6.36. The molecule has 6 heteroatoms. The summed E-state index contributed by atoms with van der Waals surface area (Å²) in [4.78, 5) is 26.7. The number of amides is 2. The molecule has 1 N–H and O–H groups in total. The van der Waals surface area contributed by atoms with Crippen molar-refractivity contribution in [3.05, 3.63) is 0 Å². The van der Waals surface area contributed by atoms with Gasteiger partial charge in [0.2, 0.25) is 0 Å². The normalized spacial score (nSPS) is 19.6. The van der Waals surface area contributed by atoms with Crippen LogP contribution in [0.1, 0.15) is 13.3 Å². The molecule has 18 heavy (non-hydrogen) atoms. The van der Waals surface area contributed by atoms with Gasteiger partial charge in [-0.25, -0.2) is 4.79 Å². The van der Waals surface area contributed by atoms with Crippen LogP contribution < -0.4 is 5.32 Å². The van der Waals surface area contributed by atoms with Crippen molar-refractivity contribution >= 4 is 12.0 Å². The third-order valence-electron chi connectivity index (χ3n) is 3.06. The third kappa shape index (κ3) is 4.91. The van der Waals surface area contributed by atoms with Crippen LogP contribution in [0.3, 0.4) is 0 Å². The number of rotatable bonds is 5. The molecule has 6 nitrogen and oxygen atoms in total. The summed E-state index contributed by atoms with van der Waals surface area (Å²) in [7, 11) is 3.83. The van der Waals surface area contributed by atoms with E-state index in [2.05, 4.69) is 17.3 Å². The number of nitrogens with one attached hydrogen (secondary N) is 1. The molecule has 2 amide bonds. The molecule has 1 atom stereocenters. The second-order valence-electron chi connectivity index (χ2n) is 4.76. The van der Waals surface area contributed by atoms with Crippen LogP contribution in [0.2, 0.25) is 0 Å². The number of carbonyl (C=O) groups is 2. The van der Waals surface area contributed by atoms with E-state index in [1.165, 1.54) is 0 Å². The summed E-state index contributed by atoms with van der Waals surface area (Å²) in [6.45, 7) is 4.83. The lowest BCUT2D eigenvalue weighted by Crippen LogP contribution is -2.42. The van der Waals surface area contributed by atoms with E-state index in [1.807, 2.05) is 0 Å². The molecule has 1 heterocycles. The van der Waals surface area contributed by atoms with Crippen molar-refractivity contribution in [2.24, 2.45) is 5.92 Å². The predicted molar refractivity (Wildman–Crippen MR) is 68.3 cm³/mol. The smallest absolute Gasteiger partial charge is 0.325 e. The average Bonchev–Trinajstić information content (AvgIpc) is 2.72. The Morgan fingerprint density at radius 3 is 2.78 bits per heavy atom. The Balaban J connectivity index is 2.22. The second-order valence-corrected chi connectivity index (χ2v) is 4.76. The van der Waals surface area contributed by atoms with Crippen molar-refractivity contribution < 1.29 is 14.3 Å². The highest BCUT2D eigenvalue weighted by atomic mass is 16.5. The molecule has 1 aliphatic rings. The first-order chi connectivity index (χ1) is 8.52. The highest BCUT2D eigenvalue weighted by Crippen LogP contribution is 2.14. The highest BCUT2D eigenvalue weighted by molar-refractivity contribution is 5.80. The van der Waals surface area contributed by atoms with E-state index >= 15 is 0 Å². The quantitative estimate of drug-likeness (QED) is 0.712. The summed E-state index contributed by atoms with van der Waals surface area (Å²) in [5.74, 6) is 0.119. The van der Waals surface area contributed by atoms with Gasteiger partial charge >= 0.3 is 12.0 Å². The Kier molecular flexibility index (Phi) is 5.91. The molecule has 1 rings (SSSR count). The number of ether oxygens (including phenoxy) is 1. The first-order valence-corrected chi connectivity index (χ1v) is 6.36. The van der Waals surface area contributed by atoms with Gasteiger partial charge in [0.15, 0.2) is 0 Å². The summed E-state index contributed by atoms with van der Waals surface area (Å²) in [6, 6.07) is -0.224. The number of nitrogens with zero attached hydrogens (tertiary/aromatic N) is 2. The Labute approximate surface area is 108 Å². The fourth-order valence-electron chi connectivity index (χ4n) is 2.14. The number of likely N-dealkylation sites (tertiary alicyclic amines) is 1. The van der Waals surface area contributed by atoms with Crippen LogP contribution in [-0.2, 0) is 9.53 Å². The van der Waals surface area contributed by atoms with Crippen LogP contribution in [0.5, 0.6) is 0 Å². The summed E-state index contributed by atoms with van der Waals surface area (Å²) in [5, 5.41) is 2.55. The molecule has 1 unspecified atom stereocenters. The molecule has 104 valence electrons. The monoisotopic (exact) mass is 257 g/mol. The van der Waals surface area contributed by atoms with Gasteiger partial charge in [-0.05, 0) is 32.9 Å². The van der Waals surface area contributed by atoms with Gasteiger partial charge in [-0.1, -0.05) is 0 Å². The predicted octanol–water partition coefficient (Wildman–Crippen LogP) is 0.143. The topological polar surface area (TPSA) is 61.9 Å². The summed E-state index contributed by atoms with van der Waals surface area (Å²) >= 11 is 0. The van der Waals surface area contributed by atoms with Gasteiger partial charge in [-0.15, -0.1) is 0 Å². The Bertz CT molecular complexity index is 296. The maximum absolute atomic E-state index is 11.7. The maximum atomic E-state index is 11.7. The number of hydrogen-bond acceptors (Lipinski definition) is 4. The van der Waals surface area contributed by atoms with Crippen LogP contribution in [0, 0.1) is 5.92 Å². The van der Waals surface area contributed by atoms with Gasteiger partial charge in [0.05, 0.1) is 6.61 Å². The number of hydrogen-bond donors (Lipinski definition) is 1. The largest absolute Gasteiger partial charge is 0.465 e. The lowest BCUT2D eigenvalue weighted by molar-refractivity contribution is -0.141. The van der Waals surface area contributed by atoms with Crippen LogP contribution in [0.15, 0.2) is 0 Å². The van der Waals surface area contributed by atoms with E-state index in [1.54, 1.807) is 18.9 Å². The average molecular weight is 257 g/mol. The fraction of sp³-hybridized carbons (Fsp3) is 0.833. The van der Waals surface area contributed by atoms with E-state index in [9.17, 15) is 9.59 Å². The molecule has 0 saturated carbocycles. The Morgan fingerprint density at radius 1 is 1.50 bits per heavy atom. The molecule has 1 aliphatic heterocycles. The van der Waals surface area contributed by atoms with Gasteiger partial charge in [-0.2, -0.15) is 0 Å². The zero-order chi connectivity index (χ0) is 13.5. The minimum absolute atomic E-state index is 0.0679. The van der Waals surface area contributed by atoms with Crippen LogP contribution in [0.4, 0.5) is 4.79 Å². The zero-order valence-corrected chi connectivity index (χ0v) is 11.4. The minimum Gasteiger partial charge on any atom is -0.465 e. The summed E-state index contributed by atoms with van der Waals surface area (Å²) in [6.07, 6.45) is 1.12. The highest BCUT2D eigenvalue weighted by Gasteiger charge is 2.22. The second kappa shape index (κ2) is 7.20. The standard InChI is InChI=1S/C12H23N3O3/c1-4-18-11(16)7-13-12(17)15(3)9-10-5-6-14(2)8-10/h10H,4-9H2,1-3H3,(H,13,17). The van der Waals surface area contributed by atoms with E-state index in [-0.39, 0.29) is 12.6 Å². The molecule has 0 aromatic rings. The lowest BCUT2D eigenvalue weighted by atomic mass is 10.1. The fourth-order valence-corrected chi connectivity index (χ4v) is 2.14. The molecule has 0 radical (unpaired) electrons. The van der Waals surface area contributed by atoms with Crippen molar-refractivity contribution in [1.82, 2.24) is 15.1 Å². The summed E-state index contributed by atoms with van der Waals surface area (Å²) < 4.78 is 4.74. The van der Waals surface area contributed by atoms with Gasteiger partial charge in [-0.3, -0.25) is 4.79 Å². The Morgan fingerprint density at radius 2 is 2.22 bits per heavy atom. The van der Waals surface area contributed by atoms with Gasteiger partial charge in [0.1, 0.15) is 6.54 Å². The van der Waals surface area contributed by atoms with E-state index in [0.29, 0.717) is 12.5 Å². The summed E-state index contributed by atoms with van der Waals surface area (Å²) in [5.41, 5.74) is 0. The molecule has 0 aliphatic carbocycles. The van der Waals surface area contributed by atoms with E-state index in [4.69, 9.17) is 4.74 Å². The molecule has 1 saturated heterocycles. The molecular weight excluding hydrogens is 234 g/mol. The molecule has 0 bridgehead atoms. The molecule has 1 fully saturated rings. The van der Waals surface area contributed by atoms with E-state index in [0.717, 1.165) is 26.1 Å². The number of urea groups is 1. The number of carbonyl (C=O) groups excluding carboxylic acids is 2. The molecule has 0 aromatic carbocycles. The van der Waals surface area contributed by atoms with Gasteiger partial charge < -0.3 is 19.9 Å². The van der Waals surface area contributed by atoms with E-state index < -0.39 is 5.97 Å². The minimum atomic E-state index is -0.403. The SMILES string of the molecule is CCOC(=O)CNC(=O)N(C)CC1CCN(C)C1. The van der Waals surface area contributed by atoms with Crippen LogP contribution in [-0.4, -0.2) is 68.7 Å². The lowest BCUT2D eigenvalue weighted by Gasteiger charge is -2.21. The number of esters is 1. The van der Waals surface area contributed by atoms with Gasteiger partial charge in [0.25, 0.3) is 0 Å². The molecule has 0 aromatic heterocycles. The Hall–Kier alpha value is -1.30. The third-order valence-corrected chi connectivity index (χ3v) is 3.06. The van der Waals surface area contributed by atoms with Gasteiger partial charge in [0, 0.05) is 20.1 Å². The molecule has 0 spiro atoms. The van der Waals surface area contributed by atoms with Crippen molar-refractivity contribution in [1.29, 1.82) is 0 Å². The van der Waals surface area contributed by atoms with Crippen molar-refractivity contribution in [3.63, 3.8) is 0 Å². The molecular formula is C12H23N3O3. The van der Waals surface area contributed by atoms with Crippen molar-refractivity contribution in [2.75, 3.05) is 46.9 Å². The zero-order valence-electron chi connectivity index (χ0n) is 11.4. The van der Waals surface area contributed by atoms with Crippen molar-refractivity contribution in [2.45, 2.75) is 13.3 Å². The first kappa shape index (κ1) is 14.8. The van der Waals surface area contributed by atoms with Crippen LogP contribution >= 0.6 is 0 Å².